The first-order chi connectivity index (χ1) is 28.9. The lowest BCUT2D eigenvalue weighted by atomic mass is 9.99. The van der Waals surface area contributed by atoms with E-state index in [1.807, 2.05) is 59.5 Å². The summed E-state index contributed by atoms with van der Waals surface area (Å²) >= 11 is 3.97. The quantitative estimate of drug-likeness (QED) is 0.0421. The van der Waals surface area contributed by atoms with Gasteiger partial charge in [0, 0.05) is 33.5 Å². The lowest BCUT2D eigenvalue weighted by Crippen LogP contribution is -2.09. The number of rotatable bonds is 7. The van der Waals surface area contributed by atoms with E-state index in [1.54, 1.807) is 48.5 Å². The van der Waals surface area contributed by atoms with E-state index < -0.39 is 51.7 Å². The molecule has 9 rings (SSSR count). The number of benzene rings is 8. The lowest BCUT2D eigenvalue weighted by molar-refractivity contribution is 0.330. The van der Waals surface area contributed by atoms with Crippen molar-refractivity contribution in [1.29, 1.82) is 0 Å². The molecule has 0 saturated carbocycles. The zero-order valence-electron chi connectivity index (χ0n) is 31.2. The van der Waals surface area contributed by atoms with Gasteiger partial charge in [0.2, 0.25) is 17.2 Å². The molecule has 0 amide bonds. The van der Waals surface area contributed by atoms with E-state index in [-0.39, 0.29) is 27.1 Å². The molecule has 0 aliphatic carbocycles. The highest BCUT2D eigenvalue weighted by Gasteiger charge is 2.26. The standard InChI is InChI=1S/C48H34N2O9S/c51-39-37(40(52)44(56)45(57)43(39)55)26-12-19-31(20-13-26)49(32-21-14-27(15-22-32)38-41(53)46(58)48(60)47(59)42(38)54)30-17-10-25(11-18-30)28-16-23-36-34(24-28)33-8-4-5-9-35(33)50(36)29-6-2-1-3-7-29/h1-24,51-60H. The van der Waals surface area contributed by atoms with Gasteiger partial charge in [0.25, 0.3) is 0 Å². The van der Waals surface area contributed by atoms with Crippen LogP contribution >= 0.6 is 12.6 Å². The average Bonchev–Trinajstić information content (AvgIpc) is 3.62. The van der Waals surface area contributed by atoms with Crippen molar-refractivity contribution in [2.45, 2.75) is 4.90 Å². The minimum absolute atomic E-state index is 0.196. The fourth-order valence-corrected chi connectivity index (χ4v) is 7.94. The number of para-hydroxylation sites is 2. The molecule has 12 heteroatoms. The molecule has 296 valence electrons. The molecule has 9 aromatic rings. The minimum Gasteiger partial charge on any atom is -0.504 e. The van der Waals surface area contributed by atoms with Crippen molar-refractivity contribution in [2.75, 3.05) is 4.90 Å². The van der Waals surface area contributed by atoms with Crippen LogP contribution in [0.15, 0.2) is 150 Å². The summed E-state index contributed by atoms with van der Waals surface area (Å²) in [5.41, 5.74) is 7.13. The smallest absolute Gasteiger partial charge is 0.208 e. The molecule has 11 nitrogen and oxygen atoms in total. The van der Waals surface area contributed by atoms with Crippen LogP contribution in [-0.4, -0.2) is 50.5 Å². The van der Waals surface area contributed by atoms with Gasteiger partial charge in [0.05, 0.1) is 27.1 Å². The number of nitrogens with zero attached hydrogens (tertiary/aromatic N) is 2. The van der Waals surface area contributed by atoms with Crippen LogP contribution < -0.4 is 4.90 Å². The number of thiol groups is 1. The molecule has 0 aliphatic rings. The first-order valence-corrected chi connectivity index (χ1v) is 19.0. The number of hydrogen-bond donors (Lipinski definition) is 10. The Morgan fingerprint density at radius 1 is 0.350 bits per heavy atom. The molecule has 0 aliphatic heterocycles. The van der Waals surface area contributed by atoms with Crippen LogP contribution in [0.1, 0.15) is 0 Å². The molecule has 0 atom stereocenters. The largest absolute Gasteiger partial charge is 0.504 e. The van der Waals surface area contributed by atoms with Gasteiger partial charge >= 0.3 is 0 Å². The van der Waals surface area contributed by atoms with E-state index in [9.17, 15) is 46.0 Å². The predicted octanol–water partition coefficient (Wildman–Crippen LogP) is 10.9. The predicted molar refractivity (Wildman–Crippen MR) is 234 cm³/mol. The van der Waals surface area contributed by atoms with Crippen LogP contribution in [0.5, 0.6) is 51.7 Å². The summed E-state index contributed by atoms with van der Waals surface area (Å²) < 4.78 is 2.26. The first-order valence-electron chi connectivity index (χ1n) is 18.5. The molecule has 0 bridgehead atoms. The average molecular weight is 815 g/mol. The summed E-state index contributed by atoms with van der Waals surface area (Å²) in [5, 5.41) is 95.8. The van der Waals surface area contributed by atoms with Crippen LogP contribution in [0.25, 0.3) is 60.9 Å². The van der Waals surface area contributed by atoms with Gasteiger partial charge in [-0.2, -0.15) is 0 Å². The number of phenols is 9. The van der Waals surface area contributed by atoms with E-state index in [0.717, 1.165) is 38.6 Å². The van der Waals surface area contributed by atoms with Gasteiger partial charge in [-0.05, 0) is 89.0 Å². The molecular formula is C48H34N2O9S. The fraction of sp³-hybridized carbons (Fsp3) is 0. The third-order valence-corrected chi connectivity index (χ3v) is 11.1. The van der Waals surface area contributed by atoms with Gasteiger partial charge in [-0.25, -0.2) is 0 Å². The second kappa shape index (κ2) is 14.4. The molecule has 0 saturated heterocycles. The first kappa shape index (κ1) is 37.5. The van der Waals surface area contributed by atoms with Crippen molar-refractivity contribution in [2.24, 2.45) is 0 Å². The number of phenolic OH excluding ortho intramolecular Hbond substituents is 9. The Morgan fingerprint density at radius 2 is 0.750 bits per heavy atom. The lowest BCUT2D eigenvalue weighted by Gasteiger charge is -2.26. The van der Waals surface area contributed by atoms with E-state index in [1.165, 1.54) is 0 Å². The molecule has 8 aromatic carbocycles. The van der Waals surface area contributed by atoms with Gasteiger partial charge in [-0.15, -0.1) is 12.6 Å². The van der Waals surface area contributed by atoms with Gasteiger partial charge in [0.1, 0.15) is 0 Å². The van der Waals surface area contributed by atoms with E-state index in [2.05, 4.69) is 59.7 Å². The van der Waals surface area contributed by atoms with Crippen LogP contribution in [-0.2, 0) is 0 Å². The van der Waals surface area contributed by atoms with E-state index in [0.29, 0.717) is 17.1 Å². The number of fused-ring (bicyclic) bond motifs is 3. The number of hydrogen-bond acceptors (Lipinski definition) is 11. The molecule has 9 N–H and O–H groups in total. The number of aromatic nitrogens is 1. The van der Waals surface area contributed by atoms with Crippen LogP contribution in [0, 0.1) is 0 Å². The second-order valence-corrected chi connectivity index (χ2v) is 14.6. The summed E-state index contributed by atoms with van der Waals surface area (Å²) in [6, 6.07) is 45.9. The summed E-state index contributed by atoms with van der Waals surface area (Å²) in [5.74, 6) is -7.39. The maximum absolute atomic E-state index is 10.7. The molecule has 0 radical (unpaired) electrons. The summed E-state index contributed by atoms with van der Waals surface area (Å²) in [6.45, 7) is 0. The molecule has 0 fully saturated rings. The molecule has 60 heavy (non-hydrogen) atoms. The van der Waals surface area contributed by atoms with Gasteiger partial charge in [-0.1, -0.05) is 78.9 Å². The van der Waals surface area contributed by atoms with E-state index in [4.69, 9.17) is 0 Å². The van der Waals surface area contributed by atoms with Crippen LogP contribution in [0.2, 0.25) is 0 Å². The van der Waals surface area contributed by atoms with Gasteiger partial charge in [0.15, 0.2) is 34.5 Å². The highest BCUT2D eigenvalue weighted by molar-refractivity contribution is 7.80. The maximum Gasteiger partial charge on any atom is 0.208 e. The molecule has 1 aromatic heterocycles. The highest BCUT2D eigenvalue weighted by atomic mass is 32.1. The Morgan fingerprint density at radius 3 is 1.27 bits per heavy atom. The Kier molecular flexibility index (Phi) is 8.98. The number of aromatic hydroxyl groups is 9. The van der Waals surface area contributed by atoms with Crippen molar-refractivity contribution in [1.82, 2.24) is 4.57 Å². The highest BCUT2D eigenvalue weighted by Crippen LogP contribution is 2.55. The van der Waals surface area contributed by atoms with Crippen LogP contribution in [0.3, 0.4) is 0 Å². The maximum atomic E-state index is 10.7. The van der Waals surface area contributed by atoms with Crippen molar-refractivity contribution in [3.8, 4) is 90.8 Å². The fourth-order valence-electron chi connectivity index (χ4n) is 7.73. The zero-order valence-corrected chi connectivity index (χ0v) is 32.1. The van der Waals surface area contributed by atoms with Gasteiger partial charge in [-0.3, -0.25) is 0 Å². The van der Waals surface area contributed by atoms with Crippen molar-refractivity contribution in [3.05, 3.63) is 146 Å². The third kappa shape index (κ3) is 5.93. The molecule has 0 unspecified atom stereocenters. The zero-order chi connectivity index (χ0) is 42.0. The number of anilines is 3. The van der Waals surface area contributed by atoms with Crippen LogP contribution in [0.4, 0.5) is 17.1 Å². The Bertz CT molecular complexity index is 2960. The normalized spacial score (nSPS) is 11.3. The van der Waals surface area contributed by atoms with Crippen molar-refractivity contribution < 1.29 is 46.0 Å². The van der Waals surface area contributed by atoms with E-state index >= 15 is 0 Å². The second-order valence-electron chi connectivity index (χ2n) is 14.1. The molecular weight excluding hydrogens is 781 g/mol. The summed E-state index contributed by atoms with van der Waals surface area (Å²) in [7, 11) is 0. The Labute approximate surface area is 347 Å². The summed E-state index contributed by atoms with van der Waals surface area (Å²) in [6.07, 6.45) is 0. The molecule has 0 spiro atoms. The SMILES string of the molecule is Oc1c(O)c(O)c(-c2ccc(N(c3ccc(-c4ccc5c(c4)c4ccccc4n5-c4ccccc4)cc3)c3ccc(-c4c(O)c(O)c(S)c(O)c4O)cc3)cc2)c(O)c1O. The molecule has 1 heterocycles. The van der Waals surface area contributed by atoms with Gasteiger partial charge < -0.3 is 55.4 Å². The minimum atomic E-state index is -1.06. The summed E-state index contributed by atoms with van der Waals surface area (Å²) in [4.78, 5) is 1.52. The Hall–Kier alpha value is -8.09. The van der Waals surface area contributed by atoms with Crippen molar-refractivity contribution in [3.63, 3.8) is 0 Å². The monoisotopic (exact) mass is 814 g/mol. The van der Waals surface area contributed by atoms with Crippen molar-refractivity contribution >= 4 is 51.5 Å². The third-order valence-electron chi connectivity index (χ3n) is 10.7. The topological polar surface area (TPSA) is 190 Å². The Balaban J connectivity index is 1.13.